The molecule has 0 spiro atoms. The molecule has 3 aromatic heterocycles. The number of benzene rings is 1. The topological polar surface area (TPSA) is 82.1 Å². The van der Waals surface area contributed by atoms with Gasteiger partial charge in [-0.05, 0) is 107 Å². The molecule has 4 heterocycles. The van der Waals surface area contributed by atoms with Crippen LogP contribution in [0.2, 0.25) is 0 Å². The molecule has 0 atom stereocenters. The minimum atomic E-state index is -4.75. The minimum Gasteiger partial charge on any atom is -0.406 e. The van der Waals surface area contributed by atoms with Crippen molar-refractivity contribution in [3.05, 3.63) is 65.6 Å². The molecule has 8 nitrogen and oxygen atoms in total. The molecule has 1 aliphatic rings. The maximum Gasteiger partial charge on any atom is 0.573 e. The van der Waals surface area contributed by atoms with Crippen LogP contribution in [0.15, 0.2) is 53.2 Å². The molecule has 200 valence electrons. The van der Waals surface area contributed by atoms with Crippen molar-refractivity contribution in [2.45, 2.75) is 51.9 Å². The van der Waals surface area contributed by atoms with Gasteiger partial charge in [0.15, 0.2) is 5.69 Å². The number of nitrogens with zero attached hydrogens (tertiary/aromatic N) is 6. The molecular weight excluding hydrogens is 497 g/mol. The van der Waals surface area contributed by atoms with Crippen LogP contribution < -0.4 is 4.74 Å². The molecule has 1 fully saturated rings. The summed E-state index contributed by atoms with van der Waals surface area (Å²) in [5.74, 6) is 0.154. The predicted octanol–water partition coefficient (Wildman–Crippen LogP) is 5.67. The minimum absolute atomic E-state index is 0.228. The first-order valence-corrected chi connectivity index (χ1v) is 12.7. The molecule has 1 aliphatic heterocycles. The number of pyridine rings is 1. The number of aryl methyl sites for hydroxylation is 2. The number of ether oxygens (including phenoxy) is 1. The highest BCUT2D eigenvalue weighted by Gasteiger charge is 2.31. The highest BCUT2D eigenvalue weighted by Crippen LogP contribution is 2.27. The van der Waals surface area contributed by atoms with Crippen LogP contribution in [0.5, 0.6) is 5.75 Å². The van der Waals surface area contributed by atoms with Gasteiger partial charge in [0.05, 0.1) is 6.54 Å². The van der Waals surface area contributed by atoms with E-state index in [-0.39, 0.29) is 17.5 Å². The van der Waals surface area contributed by atoms with Gasteiger partial charge in [0, 0.05) is 23.1 Å². The van der Waals surface area contributed by atoms with Gasteiger partial charge < -0.3 is 14.2 Å². The van der Waals surface area contributed by atoms with E-state index in [4.69, 9.17) is 4.52 Å². The Bertz CT molecular complexity index is 1340. The second-order valence-corrected chi connectivity index (χ2v) is 9.49. The van der Waals surface area contributed by atoms with Gasteiger partial charge in [-0.15, -0.1) is 13.2 Å². The van der Waals surface area contributed by atoms with Crippen molar-refractivity contribution in [3.63, 3.8) is 0 Å². The quantitative estimate of drug-likeness (QED) is 0.246. The molecule has 0 amide bonds. The van der Waals surface area contributed by atoms with Gasteiger partial charge in [0.25, 0.3) is 5.89 Å². The van der Waals surface area contributed by atoms with E-state index in [2.05, 4.69) is 35.9 Å². The molecule has 1 aromatic carbocycles. The smallest absolute Gasteiger partial charge is 0.406 e. The molecule has 0 radical (unpaired) electrons. The number of alkyl halides is 3. The van der Waals surface area contributed by atoms with Crippen LogP contribution in [0, 0.1) is 6.92 Å². The second-order valence-electron chi connectivity index (χ2n) is 9.49. The summed E-state index contributed by atoms with van der Waals surface area (Å²) in [4.78, 5) is 11.4. The number of rotatable bonds is 10. The van der Waals surface area contributed by atoms with E-state index in [1.807, 2.05) is 29.9 Å². The van der Waals surface area contributed by atoms with E-state index >= 15 is 0 Å². The third kappa shape index (κ3) is 6.77. The summed E-state index contributed by atoms with van der Waals surface area (Å²) in [5.41, 5.74) is 4.14. The average molecular weight is 527 g/mol. The van der Waals surface area contributed by atoms with E-state index in [1.165, 1.54) is 63.2 Å². The molecule has 0 aliphatic carbocycles. The van der Waals surface area contributed by atoms with Crippen molar-refractivity contribution in [3.8, 4) is 28.7 Å². The lowest BCUT2D eigenvalue weighted by Gasteiger charge is -2.13. The standard InChI is InChI=1S/C27H29F3N6O2/c1-19-16-24(26-32-25(34-38-26)21-7-9-23(10-8-21)37-27(28,29)30)33-36(19)18-20-11-12-31-22(17-20)6-2-3-13-35-14-4-5-15-35/h7-12,16-17H,2-6,13-15,18H2,1H3. The number of halogens is 3. The zero-order chi connectivity index (χ0) is 26.5. The lowest BCUT2D eigenvalue weighted by molar-refractivity contribution is -0.274. The van der Waals surface area contributed by atoms with E-state index in [0.717, 1.165) is 29.8 Å². The first-order chi connectivity index (χ1) is 18.3. The molecule has 1 saturated heterocycles. The molecule has 0 N–H and O–H groups in total. The fourth-order valence-electron chi connectivity index (χ4n) is 4.61. The summed E-state index contributed by atoms with van der Waals surface area (Å²) in [6.07, 6.45) is 3.01. The maximum absolute atomic E-state index is 12.4. The molecule has 0 saturated carbocycles. The van der Waals surface area contributed by atoms with Gasteiger partial charge in [0.2, 0.25) is 5.82 Å². The van der Waals surface area contributed by atoms with Gasteiger partial charge in [-0.1, -0.05) is 5.16 Å². The molecule has 38 heavy (non-hydrogen) atoms. The summed E-state index contributed by atoms with van der Waals surface area (Å²) in [7, 11) is 0. The summed E-state index contributed by atoms with van der Waals surface area (Å²) < 4.78 is 48.3. The maximum atomic E-state index is 12.4. The van der Waals surface area contributed by atoms with Crippen molar-refractivity contribution in [2.24, 2.45) is 0 Å². The SMILES string of the molecule is Cc1cc(-c2nc(-c3ccc(OC(F)(F)F)cc3)no2)nn1Cc1ccnc(CCCCN2CCCC2)c1. The normalized spacial score (nSPS) is 14.3. The third-order valence-corrected chi connectivity index (χ3v) is 6.54. The third-order valence-electron chi connectivity index (χ3n) is 6.54. The van der Waals surface area contributed by atoms with E-state index in [0.29, 0.717) is 17.8 Å². The summed E-state index contributed by atoms with van der Waals surface area (Å²) in [6, 6.07) is 11.3. The Morgan fingerprint density at radius 3 is 2.58 bits per heavy atom. The van der Waals surface area contributed by atoms with Crippen LogP contribution >= 0.6 is 0 Å². The summed E-state index contributed by atoms with van der Waals surface area (Å²) in [6.45, 7) is 6.17. The Hall–Kier alpha value is -3.73. The predicted molar refractivity (Wildman–Crippen MR) is 134 cm³/mol. The van der Waals surface area contributed by atoms with E-state index < -0.39 is 6.36 Å². The van der Waals surface area contributed by atoms with Gasteiger partial charge in [-0.25, -0.2) is 0 Å². The fraction of sp³-hybridized carbons (Fsp3) is 0.407. The summed E-state index contributed by atoms with van der Waals surface area (Å²) in [5, 5.41) is 8.59. The lowest BCUT2D eigenvalue weighted by Crippen LogP contribution is -2.20. The van der Waals surface area contributed by atoms with E-state index in [9.17, 15) is 13.2 Å². The number of hydrogen-bond acceptors (Lipinski definition) is 7. The van der Waals surface area contributed by atoms with Gasteiger partial charge in [-0.3, -0.25) is 9.67 Å². The number of likely N-dealkylation sites (tertiary alicyclic amines) is 1. The molecular formula is C27H29F3N6O2. The number of hydrogen-bond donors (Lipinski definition) is 0. The first kappa shape index (κ1) is 25.9. The zero-order valence-corrected chi connectivity index (χ0v) is 21.1. The van der Waals surface area contributed by atoms with Gasteiger partial charge >= 0.3 is 6.36 Å². The second kappa shape index (κ2) is 11.3. The lowest BCUT2D eigenvalue weighted by atomic mass is 10.1. The van der Waals surface area contributed by atoms with Crippen molar-refractivity contribution in [1.29, 1.82) is 0 Å². The highest BCUT2D eigenvalue weighted by molar-refractivity contribution is 5.58. The Kier molecular flexibility index (Phi) is 7.73. The van der Waals surface area contributed by atoms with Crippen molar-refractivity contribution < 1.29 is 22.4 Å². The van der Waals surface area contributed by atoms with E-state index in [1.54, 1.807) is 0 Å². The Morgan fingerprint density at radius 1 is 1.03 bits per heavy atom. The molecule has 5 rings (SSSR count). The van der Waals surface area contributed by atoms with Crippen LogP contribution in [-0.2, 0) is 13.0 Å². The van der Waals surface area contributed by atoms with Crippen LogP contribution in [-0.4, -0.2) is 55.8 Å². The molecule has 0 unspecified atom stereocenters. The monoisotopic (exact) mass is 526 g/mol. The van der Waals surface area contributed by atoms with Crippen LogP contribution in [0.3, 0.4) is 0 Å². The first-order valence-electron chi connectivity index (χ1n) is 12.7. The fourth-order valence-corrected chi connectivity index (χ4v) is 4.61. The number of unbranched alkanes of at least 4 members (excludes halogenated alkanes) is 1. The molecule has 4 aromatic rings. The van der Waals surface area contributed by atoms with Crippen LogP contribution in [0.4, 0.5) is 13.2 Å². The van der Waals surface area contributed by atoms with Crippen LogP contribution in [0.1, 0.15) is 42.6 Å². The Morgan fingerprint density at radius 2 is 1.82 bits per heavy atom. The van der Waals surface area contributed by atoms with Crippen LogP contribution in [0.25, 0.3) is 23.0 Å². The van der Waals surface area contributed by atoms with Gasteiger partial charge in [0.1, 0.15) is 5.75 Å². The average Bonchev–Trinajstić information content (AvgIpc) is 3.64. The molecule has 0 bridgehead atoms. The Labute approximate surface area is 218 Å². The van der Waals surface area contributed by atoms with Gasteiger partial charge in [-0.2, -0.15) is 10.1 Å². The summed E-state index contributed by atoms with van der Waals surface area (Å²) >= 11 is 0. The van der Waals surface area contributed by atoms with Crippen molar-refractivity contribution in [1.82, 2.24) is 29.8 Å². The number of aromatic nitrogens is 5. The van der Waals surface area contributed by atoms with Crippen molar-refractivity contribution in [2.75, 3.05) is 19.6 Å². The zero-order valence-electron chi connectivity index (χ0n) is 21.1. The molecule has 11 heteroatoms. The largest absolute Gasteiger partial charge is 0.573 e. The Balaban J connectivity index is 1.20. The van der Waals surface area contributed by atoms with Crippen molar-refractivity contribution >= 4 is 0 Å². The highest BCUT2D eigenvalue weighted by atomic mass is 19.4.